The molecule has 158 valence electrons. The van der Waals surface area contributed by atoms with Gasteiger partial charge >= 0.3 is 17.9 Å². The zero-order valence-electron chi connectivity index (χ0n) is 16.4. The van der Waals surface area contributed by atoms with E-state index in [0.29, 0.717) is 0 Å². The fourth-order valence-corrected chi connectivity index (χ4v) is 2.33. The van der Waals surface area contributed by atoms with Crippen molar-refractivity contribution in [3.63, 3.8) is 0 Å². The molecule has 0 aliphatic carbocycles. The first kappa shape index (κ1) is 25.4. The number of aliphatic hydroxyl groups is 1. The summed E-state index contributed by atoms with van der Waals surface area (Å²) in [5.74, 6) is -4.06. The molecule has 28 heavy (non-hydrogen) atoms. The number of carboxylic acids is 3. The summed E-state index contributed by atoms with van der Waals surface area (Å²) in [5, 5.41) is 33.8. The van der Waals surface area contributed by atoms with Gasteiger partial charge in [0.05, 0.1) is 12.8 Å². The van der Waals surface area contributed by atoms with Crippen LogP contribution in [0.4, 0.5) is 0 Å². The summed E-state index contributed by atoms with van der Waals surface area (Å²) in [7, 11) is 0. The Morgan fingerprint density at radius 3 is 1.82 bits per heavy atom. The van der Waals surface area contributed by atoms with Crippen LogP contribution in [0.1, 0.15) is 33.6 Å². The third kappa shape index (κ3) is 10.5. The molecule has 1 aromatic carbocycles. The number of carbonyl (C=O) groups is 3. The molecule has 0 spiro atoms. The monoisotopic (exact) mass is 399 g/mol. The van der Waals surface area contributed by atoms with Gasteiger partial charge in [-0.3, -0.25) is 9.59 Å². The predicted molar refractivity (Wildman–Crippen MR) is 101 cm³/mol. The highest BCUT2D eigenvalue weighted by Crippen LogP contribution is 2.15. The minimum Gasteiger partial charge on any atom is -0.489 e. The summed E-state index contributed by atoms with van der Waals surface area (Å²) >= 11 is 0. The van der Waals surface area contributed by atoms with Crippen LogP contribution in [0.3, 0.4) is 0 Å². The quantitative estimate of drug-likeness (QED) is 0.435. The Balaban J connectivity index is 0.000000528. The minimum atomic E-state index is -2.74. The molecule has 0 aromatic heterocycles. The van der Waals surface area contributed by atoms with Crippen molar-refractivity contribution in [1.29, 1.82) is 0 Å². The lowest BCUT2D eigenvalue weighted by molar-refractivity contribution is -0.170. The first-order valence-corrected chi connectivity index (χ1v) is 8.87. The van der Waals surface area contributed by atoms with E-state index in [1.54, 1.807) is 0 Å². The van der Waals surface area contributed by atoms with Crippen LogP contribution in [0.25, 0.3) is 0 Å². The molecule has 0 heterocycles. The second-order valence-corrected chi connectivity index (χ2v) is 6.21. The van der Waals surface area contributed by atoms with Gasteiger partial charge in [0.2, 0.25) is 0 Å². The summed E-state index contributed by atoms with van der Waals surface area (Å²) in [4.78, 5) is 32.9. The van der Waals surface area contributed by atoms with E-state index in [4.69, 9.17) is 25.2 Å². The van der Waals surface area contributed by atoms with E-state index in [2.05, 4.69) is 25.7 Å². The van der Waals surface area contributed by atoms with Gasteiger partial charge in [0, 0.05) is 6.54 Å². The number of benzene rings is 1. The van der Waals surface area contributed by atoms with Crippen molar-refractivity contribution < 1.29 is 39.5 Å². The van der Waals surface area contributed by atoms with Crippen molar-refractivity contribution in [3.05, 3.63) is 30.3 Å². The maximum absolute atomic E-state index is 10.3. The highest BCUT2D eigenvalue weighted by atomic mass is 16.5. The highest BCUT2D eigenvalue weighted by molar-refractivity contribution is 5.88. The van der Waals surface area contributed by atoms with Crippen LogP contribution < -0.4 is 4.74 Å². The lowest BCUT2D eigenvalue weighted by Crippen LogP contribution is -2.42. The Morgan fingerprint density at radius 2 is 1.46 bits per heavy atom. The number of likely N-dealkylation sites (N-methyl/N-ethyl adjacent to an activating group) is 1. The molecule has 0 amide bonds. The van der Waals surface area contributed by atoms with Crippen molar-refractivity contribution >= 4 is 17.9 Å². The van der Waals surface area contributed by atoms with E-state index < -0.39 is 36.4 Å². The van der Waals surface area contributed by atoms with Crippen LogP contribution in [0.2, 0.25) is 0 Å². The minimum absolute atomic E-state index is 0.243. The molecule has 0 radical (unpaired) electrons. The van der Waals surface area contributed by atoms with Gasteiger partial charge in [-0.1, -0.05) is 32.0 Å². The first-order chi connectivity index (χ1) is 13.0. The maximum atomic E-state index is 10.3. The number of hydrogen-bond donors (Lipinski definition) is 4. The fraction of sp³-hybridized carbons (Fsp3) is 0.526. The number of para-hydroxylation sites is 1. The topological polar surface area (TPSA) is 145 Å². The lowest BCUT2D eigenvalue weighted by Gasteiger charge is -2.23. The van der Waals surface area contributed by atoms with Crippen LogP contribution in [0, 0.1) is 0 Å². The molecule has 0 bridgehead atoms. The van der Waals surface area contributed by atoms with Crippen LogP contribution in [-0.2, 0) is 14.4 Å². The van der Waals surface area contributed by atoms with E-state index in [1.165, 1.54) is 0 Å². The average Bonchev–Trinajstić information content (AvgIpc) is 2.59. The van der Waals surface area contributed by atoms with Gasteiger partial charge in [-0.05, 0) is 32.1 Å². The van der Waals surface area contributed by atoms with Gasteiger partial charge in [-0.25, -0.2) is 4.79 Å². The summed E-state index contributed by atoms with van der Waals surface area (Å²) in [6.45, 7) is 9.63. The average molecular weight is 399 g/mol. The van der Waals surface area contributed by atoms with E-state index in [1.807, 2.05) is 30.3 Å². The standard InChI is InChI=1S/C13H21NO.C6H8O7/c1-4-14(5-2)11-12(3)15-13-9-7-6-8-10-13;7-3(8)1-6(13,5(11)12)2-4(9)10/h6-10,12H,4-5,11H2,1-3H3;13H,1-2H2,(H,7,8)(H,9,10)(H,11,12). The lowest BCUT2D eigenvalue weighted by atomic mass is 9.96. The van der Waals surface area contributed by atoms with Crippen LogP contribution in [0.15, 0.2) is 30.3 Å². The molecular weight excluding hydrogens is 370 g/mol. The molecule has 9 nitrogen and oxygen atoms in total. The zero-order valence-corrected chi connectivity index (χ0v) is 16.4. The molecule has 1 unspecified atom stereocenters. The molecule has 1 aromatic rings. The van der Waals surface area contributed by atoms with Crippen molar-refractivity contribution in [2.24, 2.45) is 0 Å². The fourth-order valence-electron chi connectivity index (χ4n) is 2.33. The maximum Gasteiger partial charge on any atom is 0.336 e. The van der Waals surface area contributed by atoms with Gasteiger partial charge in [0.25, 0.3) is 0 Å². The molecule has 9 heteroatoms. The van der Waals surface area contributed by atoms with Gasteiger partial charge in [-0.2, -0.15) is 0 Å². The molecule has 1 rings (SSSR count). The van der Waals surface area contributed by atoms with Gasteiger partial charge in [0.1, 0.15) is 11.9 Å². The van der Waals surface area contributed by atoms with E-state index >= 15 is 0 Å². The third-order valence-corrected chi connectivity index (χ3v) is 3.78. The Labute approximate surface area is 164 Å². The SMILES string of the molecule is CCN(CC)CC(C)Oc1ccccc1.O=C(O)CC(O)(CC(=O)O)C(=O)O. The number of rotatable bonds is 11. The smallest absolute Gasteiger partial charge is 0.336 e. The molecule has 4 N–H and O–H groups in total. The zero-order chi connectivity index (χ0) is 21.7. The number of aliphatic carboxylic acids is 3. The van der Waals surface area contributed by atoms with Gasteiger partial charge < -0.3 is 30.1 Å². The highest BCUT2D eigenvalue weighted by Gasteiger charge is 2.40. The normalized spacial score (nSPS) is 11.9. The number of carboxylic acid groups (broad SMARTS) is 3. The van der Waals surface area contributed by atoms with Crippen LogP contribution >= 0.6 is 0 Å². The van der Waals surface area contributed by atoms with Crippen LogP contribution in [-0.4, -0.2) is 74.6 Å². The molecule has 0 fully saturated rings. The molecule has 0 aliphatic heterocycles. The largest absolute Gasteiger partial charge is 0.489 e. The Bertz CT molecular complexity index is 600. The Morgan fingerprint density at radius 1 is 1.00 bits per heavy atom. The summed E-state index contributed by atoms with van der Waals surface area (Å²) in [6, 6.07) is 10.00. The van der Waals surface area contributed by atoms with E-state index in [9.17, 15) is 14.4 Å². The predicted octanol–water partition coefficient (Wildman–Crippen LogP) is 1.55. The van der Waals surface area contributed by atoms with E-state index in [-0.39, 0.29) is 6.10 Å². The van der Waals surface area contributed by atoms with Crippen LogP contribution in [0.5, 0.6) is 5.75 Å². The van der Waals surface area contributed by atoms with E-state index in [0.717, 1.165) is 25.4 Å². The number of ether oxygens (including phenoxy) is 1. The Hall–Kier alpha value is -2.65. The molecular formula is C19H29NO8. The number of nitrogens with zero attached hydrogens (tertiary/aromatic N) is 1. The summed E-state index contributed by atoms with van der Waals surface area (Å²) in [6.07, 6.45) is -2.05. The Kier molecular flexibility index (Phi) is 11.5. The molecule has 0 saturated heterocycles. The molecule has 0 aliphatic rings. The number of hydrogen-bond acceptors (Lipinski definition) is 6. The van der Waals surface area contributed by atoms with Crippen molar-refractivity contribution in [3.8, 4) is 5.75 Å². The van der Waals surface area contributed by atoms with Gasteiger partial charge in [-0.15, -0.1) is 0 Å². The summed E-state index contributed by atoms with van der Waals surface area (Å²) in [5.41, 5.74) is -2.74. The molecule has 1 atom stereocenters. The van der Waals surface area contributed by atoms with Gasteiger partial charge in [0.15, 0.2) is 5.60 Å². The second-order valence-electron chi connectivity index (χ2n) is 6.21. The first-order valence-electron chi connectivity index (χ1n) is 8.87. The van der Waals surface area contributed by atoms with Crippen molar-refractivity contribution in [2.75, 3.05) is 19.6 Å². The summed E-state index contributed by atoms with van der Waals surface area (Å²) < 4.78 is 5.81. The third-order valence-electron chi connectivity index (χ3n) is 3.78. The second kappa shape index (κ2) is 12.7. The molecule has 0 saturated carbocycles. The van der Waals surface area contributed by atoms with Crippen molar-refractivity contribution in [1.82, 2.24) is 4.90 Å². The van der Waals surface area contributed by atoms with Crippen molar-refractivity contribution in [2.45, 2.75) is 45.3 Å².